The number of nitrogens with zero attached hydrogens (tertiary/aromatic N) is 5. The summed E-state index contributed by atoms with van der Waals surface area (Å²) in [5.41, 5.74) is 3.91. The van der Waals surface area contributed by atoms with E-state index in [1.807, 2.05) is 42.8 Å². The first kappa shape index (κ1) is 23.2. The second kappa shape index (κ2) is 9.62. The molecule has 0 bridgehead atoms. The number of nitrogens with one attached hydrogen (secondary N) is 1. The zero-order valence-corrected chi connectivity index (χ0v) is 20.4. The van der Waals surface area contributed by atoms with Gasteiger partial charge in [0.2, 0.25) is 5.91 Å². The smallest absolute Gasteiger partial charge is 0.225 e. The Morgan fingerprint density at radius 1 is 1.14 bits per heavy atom. The Balaban J connectivity index is 1.40. The number of amides is 1. The highest BCUT2D eigenvalue weighted by Gasteiger charge is 2.29. The van der Waals surface area contributed by atoms with E-state index in [9.17, 15) is 9.18 Å². The van der Waals surface area contributed by atoms with E-state index >= 15 is 0 Å². The lowest BCUT2D eigenvalue weighted by Crippen LogP contribution is -2.43. The van der Waals surface area contributed by atoms with Crippen LogP contribution < -0.4 is 10.2 Å². The number of piperidine rings is 1. The van der Waals surface area contributed by atoms with Crippen LogP contribution >= 0.6 is 11.6 Å². The SMILES string of the molecule is Cc1nnc(N2CCC[C@@H](C(=O)NCc3ccccc3F)C2)c2nn(-c3ccc(Cl)cc3)c(C)c12. The topological polar surface area (TPSA) is 75.9 Å². The van der Waals surface area contributed by atoms with Gasteiger partial charge in [-0.3, -0.25) is 4.79 Å². The molecule has 1 amide bonds. The standard InChI is InChI=1S/C26H26ClFN6O/c1-16-23-17(2)34(21-11-9-20(27)10-12-21)32-24(23)25(31-30-16)33-13-5-7-19(15-33)26(35)29-14-18-6-3-4-8-22(18)28/h3-4,6,8-12,19H,5,7,13-15H2,1-2H3,(H,29,35)/t19-/m1/s1. The number of halogens is 2. The van der Waals surface area contributed by atoms with Crippen molar-refractivity contribution in [1.82, 2.24) is 25.3 Å². The third kappa shape index (κ3) is 4.58. The molecule has 7 nitrogen and oxygen atoms in total. The molecule has 4 aromatic rings. The number of aromatic nitrogens is 4. The summed E-state index contributed by atoms with van der Waals surface area (Å²) >= 11 is 6.07. The summed E-state index contributed by atoms with van der Waals surface area (Å²) in [5.74, 6) is 0.0420. The zero-order valence-electron chi connectivity index (χ0n) is 19.6. The summed E-state index contributed by atoms with van der Waals surface area (Å²) in [4.78, 5) is 15.0. The minimum absolute atomic E-state index is 0.0860. The van der Waals surface area contributed by atoms with Crippen molar-refractivity contribution in [3.05, 3.63) is 76.3 Å². The molecule has 0 aliphatic carbocycles. The van der Waals surface area contributed by atoms with Crippen LogP contribution in [0.4, 0.5) is 10.2 Å². The second-order valence-corrected chi connectivity index (χ2v) is 9.34. The lowest BCUT2D eigenvalue weighted by atomic mass is 9.97. The molecule has 3 heterocycles. The lowest BCUT2D eigenvalue weighted by molar-refractivity contribution is -0.125. The van der Waals surface area contributed by atoms with E-state index in [2.05, 4.69) is 20.4 Å². The quantitative estimate of drug-likeness (QED) is 0.435. The van der Waals surface area contributed by atoms with Crippen LogP contribution in [-0.4, -0.2) is 39.0 Å². The number of carbonyl (C=O) groups excluding carboxylic acids is 1. The predicted molar refractivity (Wildman–Crippen MR) is 134 cm³/mol. The van der Waals surface area contributed by atoms with Gasteiger partial charge in [-0.25, -0.2) is 9.07 Å². The molecule has 0 radical (unpaired) electrons. The molecule has 1 fully saturated rings. The summed E-state index contributed by atoms with van der Waals surface area (Å²) in [5, 5.41) is 18.3. The van der Waals surface area contributed by atoms with Crippen molar-refractivity contribution in [2.45, 2.75) is 33.2 Å². The molecule has 1 aliphatic heterocycles. The Morgan fingerprint density at radius 2 is 1.91 bits per heavy atom. The monoisotopic (exact) mass is 492 g/mol. The zero-order chi connectivity index (χ0) is 24.5. The lowest BCUT2D eigenvalue weighted by Gasteiger charge is -2.32. The maximum atomic E-state index is 13.9. The van der Waals surface area contributed by atoms with Gasteiger partial charge in [0.05, 0.1) is 28.4 Å². The van der Waals surface area contributed by atoms with Crippen LogP contribution in [0.5, 0.6) is 0 Å². The van der Waals surface area contributed by atoms with Crippen LogP contribution in [0, 0.1) is 25.6 Å². The van der Waals surface area contributed by atoms with Gasteiger partial charge in [-0.05, 0) is 57.0 Å². The molecule has 1 N–H and O–H groups in total. The molecule has 1 saturated heterocycles. The third-order valence-corrected chi connectivity index (χ3v) is 6.81. The summed E-state index contributed by atoms with van der Waals surface area (Å²) < 4.78 is 15.8. The minimum atomic E-state index is -0.318. The fraction of sp³-hybridized carbons (Fsp3) is 0.308. The number of carbonyl (C=O) groups is 1. The van der Waals surface area contributed by atoms with Gasteiger partial charge in [0.1, 0.15) is 11.3 Å². The van der Waals surface area contributed by atoms with Crippen molar-refractivity contribution in [1.29, 1.82) is 0 Å². The first-order valence-electron chi connectivity index (χ1n) is 11.7. The summed E-state index contributed by atoms with van der Waals surface area (Å²) in [6.45, 7) is 5.37. The Bertz CT molecular complexity index is 1390. The molecule has 2 aromatic carbocycles. The second-order valence-electron chi connectivity index (χ2n) is 8.90. The first-order valence-corrected chi connectivity index (χ1v) is 12.0. The highest BCUT2D eigenvalue weighted by atomic mass is 35.5. The summed E-state index contributed by atoms with van der Waals surface area (Å²) in [6.07, 6.45) is 1.60. The maximum Gasteiger partial charge on any atom is 0.225 e. The summed E-state index contributed by atoms with van der Waals surface area (Å²) in [7, 11) is 0. The van der Waals surface area contributed by atoms with Crippen LogP contribution in [0.25, 0.3) is 16.6 Å². The van der Waals surface area contributed by atoms with Gasteiger partial charge in [0, 0.05) is 30.2 Å². The van der Waals surface area contributed by atoms with E-state index in [1.165, 1.54) is 6.07 Å². The molecule has 0 saturated carbocycles. The molecule has 1 atom stereocenters. The number of fused-ring (bicyclic) bond motifs is 1. The molecule has 0 unspecified atom stereocenters. The maximum absolute atomic E-state index is 13.9. The predicted octanol–water partition coefficient (Wildman–Crippen LogP) is 4.76. The molecule has 180 valence electrons. The molecule has 35 heavy (non-hydrogen) atoms. The Kier molecular flexibility index (Phi) is 6.38. The van der Waals surface area contributed by atoms with Gasteiger partial charge in [0.25, 0.3) is 0 Å². The summed E-state index contributed by atoms with van der Waals surface area (Å²) in [6, 6.07) is 14.0. The average molecular weight is 493 g/mol. The minimum Gasteiger partial charge on any atom is -0.352 e. The number of rotatable bonds is 5. The van der Waals surface area contributed by atoms with Gasteiger partial charge in [-0.1, -0.05) is 29.8 Å². The van der Waals surface area contributed by atoms with Crippen LogP contribution in [0.15, 0.2) is 48.5 Å². The van der Waals surface area contributed by atoms with E-state index in [0.717, 1.165) is 47.4 Å². The Hall–Kier alpha value is -3.52. The largest absolute Gasteiger partial charge is 0.352 e. The van der Waals surface area contributed by atoms with Crippen LogP contribution in [-0.2, 0) is 11.3 Å². The fourth-order valence-corrected chi connectivity index (χ4v) is 4.84. The molecular formula is C26H26ClFN6O. The van der Waals surface area contributed by atoms with E-state index in [1.54, 1.807) is 18.2 Å². The first-order chi connectivity index (χ1) is 16.9. The van der Waals surface area contributed by atoms with Crippen molar-refractivity contribution in [3.8, 4) is 5.69 Å². The normalized spacial score (nSPS) is 16.0. The van der Waals surface area contributed by atoms with Crippen molar-refractivity contribution < 1.29 is 9.18 Å². The van der Waals surface area contributed by atoms with Gasteiger partial charge in [0.15, 0.2) is 5.82 Å². The van der Waals surface area contributed by atoms with Crippen molar-refractivity contribution in [3.63, 3.8) is 0 Å². The highest BCUT2D eigenvalue weighted by molar-refractivity contribution is 6.30. The number of hydrogen-bond acceptors (Lipinski definition) is 5. The highest BCUT2D eigenvalue weighted by Crippen LogP contribution is 2.31. The average Bonchev–Trinajstić information content (AvgIpc) is 3.22. The van der Waals surface area contributed by atoms with E-state index in [-0.39, 0.29) is 24.2 Å². The van der Waals surface area contributed by atoms with Crippen molar-refractivity contribution >= 4 is 34.2 Å². The molecule has 1 aliphatic rings. The fourth-order valence-electron chi connectivity index (χ4n) is 4.71. The Labute approximate surface area is 207 Å². The molecule has 9 heteroatoms. The van der Waals surface area contributed by atoms with Crippen LogP contribution in [0.2, 0.25) is 5.02 Å². The number of aryl methyl sites for hydroxylation is 2. The Morgan fingerprint density at radius 3 is 2.69 bits per heavy atom. The molecule has 5 rings (SSSR count). The third-order valence-electron chi connectivity index (χ3n) is 6.56. The molecular weight excluding hydrogens is 467 g/mol. The van der Waals surface area contributed by atoms with E-state index in [0.29, 0.717) is 22.9 Å². The number of benzene rings is 2. The number of anilines is 1. The van der Waals surface area contributed by atoms with Gasteiger partial charge >= 0.3 is 0 Å². The van der Waals surface area contributed by atoms with Crippen LogP contribution in [0.1, 0.15) is 29.8 Å². The van der Waals surface area contributed by atoms with Crippen molar-refractivity contribution in [2.75, 3.05) is 18.0 Å². The van der Waals surface area contributed by atoms with Gasteiger partial charge < -0.3 is 10.2 Å². The van der Waals surface area contributed by atoms with E-state index < -0.39 is 0 Å². The van der Waals surface area contributed by atoms with Crippen molar-refractivity contribution in [2.24, 2.45) is 5.92 Å². The van der Waals surface area contributed by atoms with Gasteiger partial charge in [-0.15, -0.1) is 5.10 Å². The van der Waals surface area contributed by atoms with Gasteiger partial charge in [-0.2, -0.15) is 10.2 Å². The molecule has 0 spiro atoms. The molecule has 2 aromatic heterocycles. The van der Waals surface area contributed by atoms with E-state index in [4.69, 9.17) is 16.7 Å². The van der Waals surface area contributed by atoms with Crippen LogP contribution in [0.3, 0.4) is 0 Å². The number of hydrogen-bond donors (Lipinski definition) is 1.